The van der Waals surface area contributed by atoms with Crippen LogP contribution < -0.4 is 18.9 Å². The molecule has 1 atom stereocenters. The fraction of sp³-hybridized carbons (Fsp3) is 0.475. The van der Waals surface area contributed by atoms with Gasteiger partial charge in [0.15, 0.2) is 29.2 Å². The summed E-state index contributed by atoms with van der Waals surface area (Å²) in [5, 5.41) is 0.824. The first-order valence-corrected chi connectivity index (χ1v) is 19.3. The monoisotopic (exact) mass is 730 g/mol. The number of fused-ring (bicyclic) bond motifs is 3. The van der Waals surface area contributed by atoms with Crippen molar-refractivity contribution in [3.63, 3.8) is 0 Å². The summed E-state index contributed by atoms with van der Waals surface area (Å²) in [6.45, 7) is 8.49. The molecule has 4 heterocycles. The van der Waals surface area contributed by atoms with Gasteiger partial charge in [0.25, 0.3) is 5.91 Å². The van der Waals surface area contributed by atoms with E-state index >= 15 is 0 Å². The average molecular weight is 731 g/mol. The van der Waals surface area contributed by atoms with Crippen LogP contribution >= 0.6 is 11.3 Å². The van der Waals surface area contributed by atoms with Crippen LogP contribution in [-0.2, 0) is 0 Å². The number of hydrogen-bond acceptors (Lipinski definition) is 9. The van der Waals surface area contributed by atoms with Gasteiger partial charge in [-0.2, -0.15) is 0 Å². The number of aromatic nitrogens is 1. The lowest BCUT2D eigenvalue weighted by Gasteiger charge is -2.34. The van der Waals surface area contributed by atoms with Crippen LogP contribution in [-0.4, -0.2) is 123 Å². The zero-order valence-electron chi connectivity index (χ0n) is 30.4. The number of unbranched alkanes of at least 4 members (excludes halogenated alkanes) is 2. The maximum absolute atomic E-state index is 13.6. The summed E-state index contributed by atoms with van der Waals surface area (Å²) in [7, 11) is 5.29. The molecule has 0 N–H and O–H groups in total. The summed E-state index contributed by atoms with van der Waals surface area (Å²) in [6.07, 6.45) is 8.25. The molecule has 1 aromatic heterocycles. The Hall–Kier alpha value is -4.26. The fourth-order valence-electron chi connectivity index (χ4n) is 7.40. The van der Waals surface area contributed by atoms with Crippen molar-refractivity contribution in [3.05, 3.63) is 59.9 Å². The minimum Gasteiger partial charge on any atom is -0.493 e. The third-order valence-electron chi connectivity index (χ3n) is 10.3. The summed E-state index contributed by atoms with van der Waals surface area (Å²) in [4.78, 5) is 25.0. The Bertz CT molecular complexity index is 1910. The van der Waals surface area contributed by atoms with E-state index in [4.69, 9.17) is 18.9 Å². The molecule has 0 radical (unpaired) electrons. The van der Waals surface area contributed by atoms with E-state index in [0.717, 1.165) is 111 Å². The quantitative estimate of drug-likeness (QED) is 0.0987. The third kappa shape index (κ3) is 8.19. The highest BCUT2D eigenvalue weighted by Crippen LogP contribution is 2.38. The first-order chi connectivity index (χ1) is 25.4. The van der Waals surface area contributed by atoms with Gasteiger partial charge in [-0.1, -0.05) is 0 Å². The van der Waals surface area contributed by atoms with Gasteiger partial charge in [-0.05, 0) is 81.9 Å². The first-order valence-electron chi connectivity index (χ1n) is 18.5. The lowest BCUT2D eigenvalue weighted by atomic mass is 10.1. The van der Waals surface area contributed by atoms with Crippen molar-refractivity contribution in [1.29, 1.82) is 0 Å². The van der Waals surface area contributed by atoms with Crippen molar-refractivity contribution in [2.75, 3.05) is 80.3 Å². The van der Waals surface area contributed by atoms with E-state index < -0.39 is 0 Å². The topological polar surface area (TPSA) is 79.6 Å². The first kappa shape index (κ1) is 36.1. The number of amides is 1. The Morgan fingerprint density at radius 3 is 2.23 bits per heavy atom. The van der Waals surface area contributed by atoms with Crippen molar-refractivity contribution < 1.29 is 32.7 Å². The van der Waals surface area contributed by atoms with Crippen LogP contribution in [0.2, 0.25) is 0 Å². The molecule has 52 heavy (non-hydrogen) atoms. The van der Waals surface area contributed by atoms with Gasteiger partial charge in [0, 0.05) is 50.4 Å². The molecule has 3 aromatic carbocycles. The Morgan fingerprint density at radius 1 is 0.827 bits per heavy atom. The molecule has 0 bridgehead atoms. The molecule has 2 fully saturated rings. The zero-order valence-corrected chi connectivity index (χ0v) is 31.3. The van der Waals surface area contributed by atoms with Crippen LogP contribution in [0.4, 0.5) is 10.1 Å². The van der Waals surface area contributed by atoms with E-state index in [-0.39, 0.29) is 17.8 Å². The standard InChI is InChI=1S/C40H49FN5O5S/c1-43-27-30-9-8-16-46(30)40(47)31-25-36(49-3)37(26-33(31)43)51-22-7-5-15-45-19-17-44(18-20-45)14-4-6-21-50-34-12-10-28(23-35(34)48-2)39-42-32-24-29(41)11-13-38(32)52-39/h10-13,23-27,30H,4-9,14-22H2,1-3H3/q+1. The largest absolute Gasteiger partial charge is 0.493 e. The minimum absolute atomic E-state index is 0.0691. The number of hydrogen-bond donors (Lipinski definition) is 0. The Labute approximate surface area is 309 Å². The maximum atomic E-state index is 13.6. The van der Waals surface area contributed by atoms with Crippen LogP contribution in [0.25, 0.3) is 20.8 Å². The van der Waals surface area contributed by atoms with Crippen molar-refractivity contribution in [3.8, 4) is 33.6 Å². The van der Waals surface area contributed by atoms with E-state index in [2.05, 4.69) is 25.6 Å². The number of benzene rings is 3. The summed E-state index contributed by atoms with van der Waals surface area (Å²) >= 11 is 1.53. The fourth-order valence-corrected chi connectivity index (χ4v) is 8.34. The molecule has 1 unspecified atom stereocenters. The predicted octanol–water partition coefficient (Wildman–Crippen LogP) is 6.72. The number of methoxy groups -OCH3 is 2. The second-order valence-corrected chi connectivity index (χ2v) is 14.8. The smallest absolute Gasteiger partial charge is 0.261 e. The maximum Gasteiger partial charge on any atom is 0.261 e. The van der Waals surface area contributed by atoms with Crippen LogP contribution in [0.3, 0.4) is 0 Å². The summed E-state index contributed by atoms with van der Waals surface area (Å²) in [5.41, 5.74) is 3.12. The lowest BCUT2D eigenvalue weighted by Crippen LogP contribution is -2.46. The second kappa shape index (κ2) is 16.6. The molecule has 10 nitrogen and oxygen atoms in total. The number of halogens is 1. The van der Waals surface area contributed by atoms with Crippen LogP contribution in [0.15, 0.2) is 48.5 Å². The highest BCUT2D eigenvalue weighted by molar-refractivity contribution is 7.21. The van der Waals surface area contributed by atoms with Crippen molar-refractivity contribution in [1.82, 2.24) is 19.7 Å². The van der Waals surface area contributed by atoms with Crippen molar-refractivity contribution in [2.24, 2.45) is 0 Å². The van der Waals surface area contributed by atoms with Gasteiger partial charge < -0.3 is 33.6 Å². The third-order valence-corrected chi connectivity index (χ3v) is 11.4. The highest BCUT2D eigenvalue weighted by Gasteiger charge is 2.37. The van der Waals surface area contributed by atoms with Gasteiger partial charge >= 0.3 is 0 Å². The van der Waals surface area contributed by atoms with Gasteiger partial charge in [0.1, 0.15) is 29.5 Å². The molecule has 3 aliphatic heterocycles. The van der Waals surface area contributed by atoms with E-state index in [1.54, 1.807) is 20.3 Å². The number of piperazine rings is 1. The summed E-state index contributed by atoms with van der Waals surface area (Å²) in [6, 6.07) is 14.5. The van der Waals surface area contributed by atoms with Crippen LogP contribution in [0.5, 0.6) is 23.0 Å². The molecule has 0 aliphatic carbocycles. The molecule has 7 rings (SSSR count). The van der Waals surface area contributed by atoms with Gasteiger partial charge in [-0.15, -0.1) is 11.3 Å². The average Bonchev–Trinajstić information content (AvgIpc) is 3.79. The van der Waals surface area contributed by atoms with Gasteiger partial charge in [0.2, 0.25) is 5.69 Å². The molecular weight excluding hydrogens is 682 g/mol. The molecule has 0 saturated carbocycles. The predicted molar refractivity (Wildman–Crippen MR) is 203 cm³/mol. The number of carbonyl (C=O) groups excluding carboxylic acids is 1. The molecule has 0 spiro atoms. The Kier molecular flexibility index (Phi) is 11.5. The molecule has 3 aliphatic rings. The van der Waals surface area contributed by atoms with Crippen LogP contribution in [0, 0.1) is 5.82 Å². The normalized spacial score (nSPS) is 17.8. The number of thiazole rings is 1. The van der Waals surface area contributed by atoms with Gasteiger partial charge in [0.05, 0.1) is 43.7 Å². The van der Waals surface area contributed by atoms with Crippen molar-refractivity contribution >= 4 is 39.4 Å². The van der Waals surface area contributed by atoms with E-state index in [9.17, 15) is 9.18 Å². The molecule has 276 valence electrons. The molecular formula is C40H49FN5O5S+. The molecule has 12 heteroatoms. The Balaban J connectivity index is 0.789. The summed E-state index contributed by atoms with van der Waals surface area (Å²) < 4.78 is 40.2. The molecule has 2 saturated heterocycles. The number of ether oxygens (including phenoxy) is 4. The van der Waals surface area contributed by atoms with Gasteiger partial charge in [-0.25, -0.2) is 13.9 Å². The zero-order chi connectivity index (χ0) is 36.0. The summed E-state index contributed by atoms with van der Waals surface area (Å²) in [5.74, 6) is 2.47. The highest BCUT2D eigenvalue weighted by atomic mass is 32.1. The molecule has 4 aromatic rings. The minimum atomic E-state index is -0.282. The van der Waals surface area contributed by atoms with E-state index in [1.165, 1.54) is 23.5 Å². The van der Waals surface area contributed by atoms with E-state index in [1.807, 2.05) is 42.3 Å². The van der Waals surface area contributed by atoms with Crippen molar-refractivity contribution in [2.45, 2.75) is 44.6 Å². The molecule has 1 amide bonds. The number of nitrogens with zero attached hydrogens (tertiary/aromatic N) is 5. The lowest BCUT2D eigenvalue weighted by molar-refractivity contribution is -0.401. The number of rotatable bonds is 15. The number of carbonyl (C=O) groups is 1. The van der Waals surface area contributed by atoms with E-state index in [0.29, 0.717) is 41.5 Å². The second-order valence-electron chi connectivity index (χ2n) is 13.8. The van der Waals surface area contributed by atoms with Crippen LogP contribution in [0.1, 0.15) is 48.9 Å². The van der Waals surface area contributed by atoms with Gasteiger partial charge in [-0.3, -0.25) is 4.79 Å². The SMILES string of the molecule is COc1cc(-c2nc3cc(F)ccc3s2)ccc1OCCCCN1CCN(CCCCOc2cc3c(cc2OC)C(=O)N2CCCC2C=[N+]3C)CC1. The Morgan fingerprint density at radius 2 is 1.52 bits per heavy atom.